The summed E-state index contributed by atoms with van der Waals surface area (Å²) >= 11 is 0. The molecule has 0 bridgehead atoms. The fourth-order valence-electron chi connectivity index (χ4n) is 3.16. The second kappa shape index (κ2) is 7.65. The van der Waals surface area contributed by atoms with Gasteiger partial charge in [-0.15, -0.1) is 0 Å². The Morgan fingerprint density at radius 2 is 2.04 bits per heavy atom. The molecule has 4 amide bonds. The Balaban J connectivity index is 1.64. The highest BCUT2D eigenvalue weighted by Gasteiger charge is 2.28. The van der Waals surface area contributed by atoms with Gasteiger partial charge in [0.1, 0.15) is 6.54 Å². The summed E-state index contributed by atoms with van der Waals surface area (Å²) in [7, 11) is 0. The van der Waals surface area contributed by atoms with E-state index in [4.69, 9.17) is 4.74 Å². The summed E-state index contributed by atoms with van der Waals surface area (Å²) < 4.78 is 5.78. The lowest BCUT2D eigenvalue weighted by atomic mass is 10.1. The molecule has 0 saturated carbocycles. The Morgan fingerprint density at radius 1 is 1.28 bits per heavy atom. The third-order valence-electron chi connectivity index (χ3n) is 4.44. The minimum atomic E-state index is -0.434. The van der Waals surface area contributed by atoms with Crippen molar-refractivity contribution in [3.8, 4) is 0 Å². The molecule has 7 nitrogen and oxygen atoms in total. The molecule has 1 aromatic rings. The molecule has 2 heterocycles. The van der Waals surface area contributed by atoms with Crippen molar-refractivity contribution >= 4 is 23.5 Å². The lowest BCUT2D eigenvalue weighted by Gasteiger charge is -2.32. The normalized spacial score (nSPS) is 20.8. The van der Waals surface area contributed by atoms with E-state index in [1.165, 1.54) is 4.90 Å². The lowest BCUT2D eigenvalue weighted by molar-refractivity contribution is -0.117. The number of amides is 4. The van der Waals surface area contributed by atoms with Gasteiger partial charge < -0.3 is 9.64 Å². The number of nitrogens with zero attached hydrogens (tertiary/aromatic N) is 2. The number of benzene rings is 1. The molecule has 2 fully saturated rings. The van der Waals surface area contributed by atoms with Gasteiger partial charge in [0.05, 0.1) is 6.10 Å². The van der Waals surface area contributed by atoms with E-state index in [1.54, 1.807) is 24.3 Å². The van der Waals surface area contributed by atoms with E-state index in [0.717, 1.165) is 32.4 Å². The summed E-state index contributed by atoms with van der Waals surface area (Å²) in [5.41, 5.74) is 1.17. The second-order valence-corrected chi connectivity index (χ2v) is 6.37. The highest BCUT2D eigenvalue weighted by molar-refractivity contribution is 6.12. The number of anilines is 1. The average Bonchev–Trinajstić information content (AvgIpc) is 2.98. The van der Waals surface area contributed by atoms with Crippen LogP contribution in [0.15, 0.2) is 24.3 Å². The van der Waals surface area contributed by atoms with Crippen LogP contribution in [0.3, 0.4) is 0 Å². The van der Waals surface area contributed by atoms with Gasteiger partial charge in [-0.05, 0) is 43.5 Å². The number of hydrogen-bond acceptors (Lipinski definition) is 4. The standard InChI is InChI=1S/C18H23N3O4/c1-2-10-25-15-4-3-9-20(11-15)17(23)13-5-7-14(8-6-13)21-12-16(22)19-18(21)24/h5-8,15H,2-4,9-12H2,1H3,(H,19,22,24)/t15-/m0/s1. The maximum atomic E-state index is 12.7. The van der Waals surface area contributed by atoms with Crippen LogP contribution in [0.25, 0.3) is 0 Å². The van der Waals surface area contributed by atoms with E-state index < -0.39 is 6.03 Å². The largest absolute Gasteiger partial charge is 0.376 e. The van der Waals surface area contributed by atoms with Gasteiger partial charge in [-0.1, -0.05) is 6.92 Å². The molecule has 1 aromatic carbocycles. The first-order valence-corrected chi connectivity index (χ1v) is 8.70. The second-order valence-electron chi connectivity index (χ2n) is 6.37. The minimum absolute atomic E-state index is 0.00863. The average molecular weight is 345 g/mol. The van der Waals surface area contributed by atoms with Crippen LogP contribution in [0.4, 0.5) is 10.5 Å². The Bertz CT molecular complexity index is 659. The molecule has 0 aliphatic carbocycles. The number of carbonyl (C=O) groups excluding carboxylic acids is 3. The monoisotopic (exact) mass is 345 g/mol. The third-order valence-corrected chi connectivity index (χ3v) is 4.44. The van der Waals surface area contributed by atoms with Crippen LogP contribution >= 0.6 is 0 Å². The van der Waals surface area contributed by atoms with E-state index in [2.05, 4.69) is 12.2 Å². The van der Waals surface area contributed by atoms with Crippen molar-refractivity contribution in [2.24, 2.45) is 0 Å². The summed E-state index contributed by atoms with van der Waals surface area (Å²) in [6, 6.07) is 6.35. The van der Waals surface area contributed by atoms with Crippen LogP contribution in [-0.2, 0) is 9.53 Å². The van der Waals surface area contributed by atoms with Crippen LogP contribution < -0.4 is 10.2 Å². The number of carbonyl (C=O) groups is 3. The maximum absolute atomic E-state index is 12.7. The van der Waals surface area contributed by atoms with Gasteiger partial charge in [0, 0.05) is 30.9 Å². The maximum Gasteiger partial charge on any atom is 0.329 e. The zero-order valence-electron chi connectivity index (χ0n) is 14.4. The Hall–Kier alpha value is -2.41. The topological polar surface area (TPSA) is 79.0 Å². The number of piperidine rings is 1. The number of nitrogens with one attached hydrogen (secondary N) is 1. The van der Waals surface area contributed by atoms with E-state index in [-0.39, 0.29) is 24.5 Å². The van der Waals surface area contributed by atoms with E-state index in [9.17, 15) is 14.4 Å². The summed E-state index contributed by atoms with van der Waals surface area (Å²) in [6.07, 6.45) is 3.00. The van der Waals surface area contributed by atoms with Crippen LogP contribution in [0.2, 0.25) is 0 Å². The van der Waals surface area contributed by atoms with Crippen molar-refractivity contribution in [2.75, 3.05) is 31.1 Å². The van der Waals surface area contributed by atoms with Crippen LogP contribution in [-0.4, -0.2) is 55.1 Å². The molecule has 0 spiro atoms. The molecule has 2 aliphatic heterocycles. The molecule has 3 rings (SSSR count). The molecule has 25 heavy (non-hydrogen) atoms. The highest BCUT2D eigenvalue weighted by Crippen LogP contribution is 2.20. The number of hydrogen-bond donors (Lipinski definition) is 1. The molecular weight excluding hydrogens is 322 g/mol. The molecule has 0 radical (unpaired) electrons. The predicted octanol–water partition coefficient (Wildman–Crippen LogP) is 1.77. The fourth-order valence-corrected chi connectivity index (χ4v) is 3.16. The first kappa shape index (κ1) is 17.4. The van der Waals surface area contributed by atoms with Crippen molar-refractivity contribution < 1.29 is 19.1 Å². The third kappa shape index (κ3) is 3.99. The Morgan fingerprint density at radius 3 is 2.68 bits per heavy atom. The number of ether oxygens (including phenoxy) is 1. The van der Waals surface area contributed by atoms with Crippen molar-refractivity contribution in [2.45, 2.75) is 32.3 Å². The summed E-state index contributed by atoms with van der Waals surface area (Å²) in [5, 5.41) is 2.23. The summed E-state index contributed by atoms with van der Waals surface area (Å²) in [5.74, 6) is -0.352. The van der Waals surface area contributed by atoms with Gasteiger partial charge in [-0.25, -0.2) is 4.79 Å². The van der Waals surface area contributed by atoms with E-state index in [1.807, 2.05) is 4.90 Å². The number of likely N-dealkylation sites (tertiary alicyclic amines) is 1. The van der Waals surface area contributed by atoms with Gasteiger partial charge in [-0.2, -0.15) is 0 Å². The van der Waals surface area contributed by atoms with Gasteiger partial charge in [0.25, 0.3) is 5.91 Å². The molecule has 2 aliphatic rings. The Labute approximate surface area is 146 Å². The molecule has 1 N–H and O–H groups in total. The number of imide groups is 1. The van der Waals surface area contributed by atoms with Crippen LogP contribution in [0.5, 0.6) is 0 Å². The first-order chi connectivity index (χ1) is 12.1. The van der Waals surface area contributed by atoms with Crippen molar-refractivity contribution in [3.63, 3.8) is 0 Å². The lowest BCUT2D eigenvalue weighted by Crippen LogP contribution is -2.43. The molecule has 0 unspecified atom stereocenters. The van der Waals surface area contributed by atoms with Gasteiger partial charge in [0.15, 0.2) is 0 Å². The van der Waals surface area contributed by atoms with Crippen LogP contribution in [0.1, 0.15) is 36.5 Å². The fraction of sp³-hybridized carbons (Fsp3) is 0.500. The van der Waals surface area contributed by atoms with Gasteiger partial charge >= 0.3 is 6.03 Å². The highest BCUT2D eigenvalue weighted by atomic mass is 16.5. The molecule has 0 aromatic heterocycles. The van der Waals surface area contributed by atoms with Crippen LogP contribution in [0, 0.1) is 0 Å². The zero-order chi connectivity index (χ0) is 17.8. The number of urea groups is 1. The first-order valence-electron chi connectivity index (χ1n) is 8.70. The molecule has 1 atom stereocenters. The quantitative estimate of drug-likeness (QED) is 0.825. The summed E-state index contributed by atoms with van der Waals surface area (Å²) in [6.45, 7) is 4.15. The summed E-state index contributed by atoms with van der Waals surface area (Å²) in [4.78, 5) is 38.8. The van der Waals surface area contributed by atoms with Crippen molar-refractivity contribution in [1.29, 1.82) is 0 Å². The zero-order valence-corrected chi connectivity index (χ0v) is 14.4. The van der Waals surface area contributed by atoms with Crippen molar-refractivity contribution in [3.05, 3.63) is 29.8 Å². The molecule has 7 heteroatoms. The number of rotatable bonds is 5. The van der Waals surface area contributed by atoms with E-state index >= 15 is 0 Å². The molecule has 134 valence electrons. The smallest absolute Gasteiger partial charge is 0.329 e. The molecular formula is C18H23N3O4. The van der Waals surface area contributed by atoms with Gasteiger partial charge in [0.2, 0.25) is 5.91 Å². The SMILES string of the molecule is CCCO[C@H]1CCCN(C(=O)c2ccc(N3CC(=O)NC3=O)cc2)C1. The van der Waals surface area contributed by atoms with Gasteiger partial charge in [-0.3, -0.25) is 19.8 Å². The molecule has 2 saturated heterocycles. The van der Waals surface area contributed by atoms with Crippen molar-refractivity contribution in [1.82, 2.24) is 10.2 Å². The predicted molar refractivity (Wildman–Crippen MR) is 92.5 cm³/mol. The Kier molecular flexibility index (Phi) is 5.33. The van der Waals surface area contributed by atoms with E-state index in [0.29, 0.717) is 17.8 Å². The minimum Gasteiger partial charge on any atom is -0.376 e.